The molecule has 1 saturated carbocycles. The van der Waals surface area contributed by atoms with E-state index >= 15 is 0 Å². The molecule has 0 heterocycles. The fourth-order valence-electron chi connectivity index (χ4n) is 2.63. The molecule has 0 unspecified atom stereocenters. The van der Waals surface area contributed by atoms with Crippen LogP contribution >= 0.6 is 15.9 Å². The van der Waals surface area contributed by atoms with Gasteiger partial charge < -0.3 is 11.1 Å². The Hall–Kier alpha value is -0.540. The summed E-state index contributed by atoms with van der Waals surface area (Å²) in [7, 11) is 0. The third-order valence-corrected chi connectivity index (χ3v) is 4.52. The van der Waals surface area contributed by atoms with Gasteiger partial charge in [-0.15, -0.1) is 0 Å². The van der Waals surface area contributed by atoms with Gasteiger partial charge in [0, 0.05) is 23.2 Å². The van der Waals surface area contributed by atoms with Crippen LogP contribution in [0.3, 0.4) is 0 Å². The van der Waals surface area contributed by atoms with Gasteiger partial charge in [0.05, 0.1) is 0 Å². The average Bonchev–Trinajstić information content (AvgIpc) is 2.71. The molecule has 1 fully saturated rings. The zero-order chi connectivity index (χ0) is 12.3. The smallest absolute Gasteiger partial charge is 0.0318 e. The van der Waals surface area contributed by atoms with Crippen molar-refractivity contribution in [1.29, 1.82) is 0 Å². The van der Waals surface area contributed by atoms with E-state index in [0.717, 1.165) is 23.2 Å². The van der Waals surface area contributed by atoms with E-state index in [9.17, 15) is 0 Å². The van der Waals surface area contributed by atoms with Crippen molar-refractivity contribution < 1.29 is 0 Å². The summed E-state index contributed by atoms with van der Waals surface area (Å²) in [4.78, 5) is 0. The summed E-state index contributed by atoms with van der Waals surface area (Å²) in [5, 5.41) is 3.57. The van der Waals surface area contributed by atoms with Gasteiger partial charge in [0.15, 0.2) is 0 Å². The number of nitrogens with one attached hydrogen (secondary N) is 1. The van der Waals surface area contributed by atoms with E-state index in [1.54, 1.807) is 0 Å². The number of nitrogen functional groups attached to an aromatic ring is 1. The fraction of sp³-hybridized carbons (Fsp3) is 0.571. The van der Waals surface area contributed by atoms with E-state index in [0.29, 0.717) is 5.41 Å². The summed E-state index contributed by atoms with van der Waals surface area (Å²) in [6.07, 6.45) is 5.50. The van der Waals surface area contributed by atoms with E-state index in [2.05, 4.69) is 28.2 Å². The Bertz CT molecular complexity index is 384. The van der Waals surface area contributed by atoms with Crippen LogP contribution in [0.1, 0.15) is 38.2 Å². The maximum absolute atomic E-state index is 5.80. The van der Waals surface area contributed by atoms with Crippen LogP contribution in [0, 0.1) is 5.41 Å². The molecule has 0 atom stereocenters. The van der Waals surface area contributed by atoms with Crippen LogP contribution in [0.25, 0.3) is 0 Å². The molecular weight excluding hydrogens is 276 g/mol. The third kappa shape index (κ3) is 3.46. The summed E-state index contributed by atoms with van der Waals surface area (Å²) < 4.78 is 1.13. The SMILES string of the molecule is CC1(CNCc2cc(N)ccc2Br)CCCC1. The topological polar surface area (TPSA) is 38.0 Å². The first-order chi connectivity index (χ1) is 8.09. The maximum Gasteiger partial charge on any atom is 0.0318 e. The first-order valence-corrected chi connectivity index (χ1v) is 7.13. The minimum Gasteiger partial charge on any atom is -0.399 e. The van der Waals surface area contributed by atoms with Crippen LogP contribution in [0.2, 0.25) is 0 Å². The Morgan fingerprint density at radius 1 is 1.35 bits per heavy atom. The molecule has 0 radical (unpaired) electrons. The molecule has 1 aromatic rings. The molecule has 0 saturated heterocycles. The summed E-state index contributed by atoms with van der Waals surface area (Å²) in [6, 6.07) is 5.98. The molecule has 1 aliphatic carbocycles. The molecule has 0 spiro atoms. The second-order valence-corrected chi connectivity index (χ2v) is 6.33. The first-order valence-electron chi connectivity index (χ1n) is 6.34. The number of halogens is 1. The lowest BCUT2D eigenvalue weighted by molar-refractivity contribution is 0.314. The first kappa shape index (κ1) is 12.9. The number of rotatable bonds is 4. The summed E-state index contributed by atoms with van der Waals surface area (Å²) in [5.41, 5.74) is 8.38. The van der Waals surface area contributed by atoms with Gasteiger partial charge >= 0.3 is 0 Å². The summed E-state index contributed by atoms with van der Waals surface area (Å²) in [6.45, 7) is 4.39. The average molecular weight is 297 g/mol. The molecule has 0 aliphatic heterocycles. The minimum absolute atomic E-state index is 0.507. The summed E-state index contributed by atoms with van der Waals surface area (Å²) in [5.74, 6) is 0. The number of anilines is 1. The van der Waals surface area contributed by atoms with Crippen molar-refractivity contribution in [2.75, 3.05) is 12.3 Å². The van der Waals surface area contributed by atoms with Crippen LogP contribution in [-0.2, 0) is 6.54 Å². The van der Waals surface area contributed by atoms with Crippen molar-refractivity contribution in [3.8, 4) is 0 Å². The minimum atomic E-state index is 0.507. The second-order valence-electron chi connectivity index (χ2n) is 5.47. The third-order valence-electron chi connectivity index (χ3n) is 3.75. The molecule has 1 aromatic carbocycles. The lowest BCUT2D eigenvalue weighted by atomic mass is 9.89. The normalized spacial score (nSPS) is 18.5. The highest BCUT2D eigenvalue weighted by Gasteiger charge is 2.27. The molecule has 0 amide bonds. The lowest BCUT2D eigenvalue weighted by Gasteiger charge is -2.24. The molecule has 1 aliphatic rings. The van der Waals surface area contributed by atoms with Crippen LogP contribution in [0.15, 0.2) is 22.7 Å². The van der Waals surface area contributed by atoms with Gasteiger partial charge in [0.1, 0.15) is 0 Å². The van der Waals surface area contributed by atoms with Crippen molar-refractivity contribution in [3.63, 3.8) is 0 Å². The zero-order valence-electron chi connectivity index (χ0n) is 10.4. The highest BCUT2D eigenvalue weighted by molar-refractivity contribution is 9.10. The number of benzene rings is 1. The quantitative estimate of drug-likeness (QED) is 0.832. The Morgan fingerprint density at radius 2 is 2.06 bits per heavy atom. The number of nitrogens with two attached hydrogens (primary N) is 1. The fourth-order valence-corrected chi connectivity index (χ4v) is 3.02. The van der Waals surface area contributed by atoms with E-state index in [4.69, 9.17) is 5.73 Å². The Morgan fingerprint density at radius 3 is 2.76 bits per heavy atom. The molecule has 0 aromatic heterocycles. The van der Waals surface area contributed by atoms with E-state index in [-0.39, 0.29) is 0 Å². The Kier molecular flexibility index (Phi) is 4.10. The molecule has 0 bridgehead atoms. The van der Waals surface area contributed by atoms with Crippen LogP contribution < -0.4 is 11.1 Å². The lowest BCUT2D eigenvalue weighted by Crippen LogP contribution is -2.29. The van der Waals surface area contributed by atoms with Crippen molar-refractivity contribution in [1.82, 2.24) is 5.32 Å². The van der Waals surface area contributed by atoms with E-state index in [1.807, 2.05) is 18.2 Å². The largest absolute Gasteiger partial charge is 0.399 e. The highest BCUT2D eigenvalue weighted by Crippen LogP contribution is 2.36. The van der Waals surface area contributed by atoms with Gasteiger partial charge in [0.25, 0.3) is 0 Å². The molecule has 17 heavy (non-hydrogen) atoms. The van der Waals surface area contributed by atoms with Crippen molar-refractivity contribution in [3.05, 3.63) is 28.2 Å². The van der Waals surface area contributed by atoms with Gasteiger partial charge in [-0.2, -0.15) is 0 Å². The van der Waals surface area contributed by atoms with Crippen molar-refractivity contribution in [2.24, 2.45) is 5.41 Å². The second kappa shape index (κ2) is 5.40. The number of hydrogen-bond donors (Lipinski definition) is 2. The van der Waals surface area contributed by atoms with Crippen LogP contribution in [-0.4, -0.2) is 6.54 Å². The van der Waals surface area contributed by atoms with Gasteiger partial charge in [-0.1, -0.05) is 35.7 Å². The Balaban J connectivity index is 1.87. The molecular formula is C14H21BrN2. The van der Waals surface area contributed by atoms with Gasteiger partial charge in [-0.25, -0.2) is 0 Å². The predicted octanol–water partition coefficient (Wildman–Crippen LogP) is 3.70. The maximum atomic E-state index is 5.80. The van der Waals surface area contributed by atoms with Crippen molar-refractivity contribution >= 4 is 21.6 Å². The zero-order valence-corrected chi connectivity index (χ0v) is 12.0. The standard InChI is InChI=1S/C14H21BrN2/c1-14(6-2-3-7-14)10-17-9-11-8-12(16)4-5-13(11)15/h4-5,8,17H,2-3,6-7,9-10,16H2,1H3. The summed E-state index contributed by atoms with van der Waals surface area (Å²) >= 11 is 3.56. The van der Waals surface area contributed by atoms with Crippen molar-refractivity contribution in [2.45, 2.75) is 39.2 Å². The number of hydrogen-bond acceptors (Lipinski definition) is 2. The molecule has 2 nitrogen and oxygen atoms in total. The molecule has 2 rings (SSSR count). The Labute approximate surface area is 112 Å². The van der Waals surface area contributed by atoms with Gasteiger partial charge in [-0.05, 0) is 42.0 Å². The van der Waals surface area contributed by atoms with Gasteiger partial charge in [0.2, 0.25) is 0 Å². The van der Waals surface area contributed by atoms with E-state index in [1.165, 1.54) is 31.2 Å². The monoisotopic (exact) mass is 296 g/mol. The molecule has 94 valence electrons. The molecule has 3 N–H and O–H groups in total. The van der Waals surface area contributed by atoms with Crippen LogP contribution in [0.4, 0.5) is 5.69 Å². The van der Waals surface area contributed by atoms with E-state index < -0.39 is 0 Å². The van der Waals surface area contributed by atoms with Crippen LogP contribution in [0.5, 0.6) is 0 Å². The highest BCUT2D eigenvalue weighted by atomic mass is 79.9. The molecule has 3 heteroatoms. The van der Waals surface area contributed by atoms with Gasteiger partial charge in [-0.3, -0.25) is 0 Å². The predicted molar refractivity (Wildman–Crippen MR) is 76.8 cm³/mol.